The van der Waals surface area contributed by atoms with Gasteiger partial charge >= 0.3 is 0 Å². The van der Waals surface area contributed by atoms with E-state index in [1.807, 2.05) is 18.2 Å². The molecule has 3 nitrogen and oxygen atoms in total. The Morgan fingerprint density at radius 3 is 2.75 bits per heavy atom. The largest absolute Gasteiger partial charge is 0.493 e. The molecule has 0 amide bonds. The number of hydrogen-bond donors (Lipinski definition) is 0. The van der Waals surface area contributed by atoms with Crippen molar-refractivity contribution in [2.45, 2.75) is 12.8 Å². The number of aromatic nitrogens is 1. The second-order valence-corrected chi connectivity index (χ2v) is 4.93. The molecule has 20 heavy (non-hydrogen) atoms. The maximum atomic E-state index is 5.76. The summed E-state index contributed by atoms with van der Waals surface area (Å²) in [5, 5.41) is 0. The fourth-order valence-corrected chi connectivity index (χ4v) is 2.51. The summed E-state index contributed by atoms with van der Waals surface area (Å²) in [6.07, 6.45) is 7.81. The zero-order chi connectivity index (χ0) is 13.9. The standard InChI is InChI=1S/C17H17NO2/c1-12-11-20-17-15(19-2)6-5-14(16(12)17)4-3-13-7-9-18-10-8-13/h3-10,12H,11H2,1-2H3/b4-3+. The third kappa shape index (κ3) is 2.27. The van der Waals surface area contributed by atoms with E-state index in [1.54, 1.807) is 19.5 Å². The Labute approximate surface area is 118 Å². The van der Waals surface area contributed by atoms with Crippen LogP contribution < -0.4 is 9.47 Å². The van der Waals surface area contributed by atoms with Crippen molar-refractivity contribution in [3.05, 3.63) is 53.3 Å². The summed E-state index contributed by atoms with van der Waals surface area (Å²) in [7, 11) is 1.68. The molecule has 1 unspecified atom stereocenters. The molecular formula is C17H17NO2. The highest BCUT2D eigenvalue weighted by atomic mass is 16.5. The van der Waals surface area contributed by atoms with Gasteiger partial charge in [0.2, 0.25) is 0 Å². The molecule has 0 saturated heterocycles. The van der Waals surface area contributed by atoms with Crippen molar-refractivity contribution in [2.75, 3.05) is 13.7 Å². The number of rotatable bonds is 3. The molecular weight excluding hydrogens is 250 g/mol. The van der Waals surface area contributed by atoms with E-state index in [0.717, 1.165) is 17.1 Å². The van der Waals surface area contributed by atoms with Crippen LogP contribution in [0.15, 0.2) is 36.7 Å². The van der Waals surface area contributed by atoms with Crippen molar-refractivity contribution in [3.63, 3.8) is 0 Å². The van der Waals surface area contributed by atoms with E-state index in [1.165, 1.54) is 11.1 Å². The Kier molecular flexibility index (Phi) is 3.42. The summed E-state index contributed by atoms with van der Waals surface area (Å²) in [6.45, 7) is 2.89. The molecule has 1 aromatic carbocycles. The lowest BCUT2D eigenvalue weighted by Gasteiger charge is -2.10. The van der Waals surface area contributed by atoms with E-state index in [4.69, 9.17) is 9.47 Å². The monoisotopic (exact) mass is 267 g/mol. The highest BCUT2D eigenvalue weighted by molar-refractivity contribution is 5.74. The van der Waals surface area contributed by atoms with E-state index in [0.29, 0.717) is 12.5 Å². The molecule has 0 radical (unpaired) electrons. The zero-order valence-corrected chi connectivity index (χ0v) is 11.7. The first-order valence-electron chi connectivity index (χ1n) is 6.71. The number of methoxy groups -OCH3 is 1. The van der Waals surface area contributed by atoms with Crippen LogP contribution in [0.5, 0.6) is 11.5 Å². The molecule has 2 aromatic rings. The summed E-state index contributed by atoms with van der Waals surface area (Å²) in [4.78, 5) is 4.02. The van der Waals surface area contributed by atoms with Crippen LogP contribution in [-0.4, -0.2) is 18.7 Å². The van der Waals surface area contributed by atoms with Gasteiger partial charge in [-0.25, -0.2) is 0 Å². The molecule has 2 heterocycles. The van der Waals surface area contributed by atoms with Gasteiger partial charge in [-0.15, -0.1) is 0 Å². The quantitative estimate of drug-likeness (QED) is 0.848. The van der Waals surface area contributed by atoms with Crippen LogP contribution in [0.3, 0.4) is 0 Å². The van der Waals surface area contributed by atoms with Gasteiger partial charge in [-0.2, -0.15) is 0 Å². The molecule has 0 saturated carbocycles. The maximum absolute atomic E-state index is 5.76. The molecule has 0 spiro atoms. The number of pyridine rings is 1. The number of benzene rings is 1. The number of ether oxygens (including phenoxy) is 2. The molecule has 102 valence electrons. The zero-order valence-electron chi connectivity index (χ0n) is 11.7. The highest BCUT2D eigenvalue weighted by Gasteiger charge is 2.26. The van der Waals surface area contributed by atoms with Gasteiger partial charge in [0.15, 0.2) is 11.5 Å². The number of hydrogen-bond acceptors (Lipinski definition) is 3. The Balaban J connectivity index is 1.99. The minimum absolute atomic E-state index is 0.386. The first kappa shape index (κ1) is 12.7. The summed E-state index contributed by atoms with van der Waals surface area (Å²) in [5.41, 5.74) is 3.55. The molecule has 1 atom stereocenters. The number of fused-ring (bicyclic) bond motifs is 1. The average molecular weight is 267 g/mol. The third-order valence-corrected chi connectivity index (χ3v) is 3.55. The third-order valence-electron chi connectivity index (χ3n) is 3.55. The Morgan fingerprint density at radius 1 is 1.20 bits per heavy atom. The fraction of sp³-hybridized carbons (Fsp3) is 0.235. The lowest BCUT2D eigenvalue weighted by atomic mass is 9.96. The van der Waals surface area contributed by atoms with E-state index >= 15 is 0 Å². The Morgan fingerprint density at radius 2 is 2.00 bits per heavy atom. The van der Waals surface area contributed by atoms with Gasteiger partial charge < -0.3 is 9.47 Å². The van der Waals surface area contributed by atoms with Crippen LogP contribution in [0.4, 0.5) is 0 Å². The summed E-state index contributed by atoms with van der Waals surface area (Å²) >= 11 is 0. The van der Waals surface area contributed by atoms with Crippen molar-refractivity contribution < 1.29 is 9.47 Å². The van der Waals surface area contributed by atoms with Gasteiger partial charge in [0, 0.05) is 23.9 Å². The van der Waals surface area contributed by atoms with Gasteiger partial charge in [0.05, 0.1) is 13.7 Å². The van der Waals surface area contributed by atoms with Crippen molar-refractivity contribution in [1.29, 1.82) is 0 Å². The maximum Gasteiger partial charge on any atom is 0.165 e. The van der Waals surface area contributed by atoms with Crippen LogP contribution in [0.2, 0.25) is 0 Å². The average Bonchev–Trinajstić information content (AvgIpc) is 2.89. The van der Waals surface area contributed by atoms with Crippen molar-refractivity contribution in [2.24, 2.45) is 0 Å². The summed E-state index contributed by atoms with van der Waals surface area (Å²) in [6, 6.07) is 8.02. The minimum atomic E-state index is 0.386. The smallest absolute Gasteiger partial charge is 0.165 e. The van der Waals surface area contributed by atoms with Gasteiger partial charge in [-0.05, 0) is 29.3 Å². The predicted molar refractivity (Wildman–Crippen MR) is 80.1 cm³/mol. The van der Waals surface area contributed by atoms with E-state index in [2.05, 4.69) is 30.1 Å². The van der Waals surface area contributed by atoms with E-state index < -0.39 is 0 Å². The van der Waals surface area contributed by atoms with Gasteiger partial charge in [-0.1, -0.05) is 25.1 Å². The second-order valence-electron chi connectivity index (χ2n) is 4.93. The van der Waals surface area contributed by atoms with Crippen LogP contribution in [0.25, 0.3) is 12.2 Å². The summed E-state index contributed by atoms with van der Waals surface area (Å²) in [5.74, 6) is 2.08. The fourth-order valence-electron chi connectivity index (χ4n) is 2.51. The molecule has 3 heteroatoms. The lowest BCUT2D eigenvalue weighted by molar-refractivity contribution is 0.314. The van der Waals surface area contributed by atoms with Gasteiger partial charge in [-0.3, -0.25) is 4.98 Å². The van der Waals surface area contributed by atoms with E-state index in [9.17, 15) is 0 Å². The molecule has 0 bridgehead atoms. The second kappa shape index (κ2) is 5.37. The first-order valence-corrected chi connectivity index (χ1v) is 6.71. The van der Waals surface area contributed by atoms with Crippen LogP contribution in [0.1, 0.15) is 29.5 Å². The normalized spacial score (nSPS) is 17.0. The summed E-state index contributed by atoms with van der Waals surface area (Å²) < 4.78 is 11.1. The topological polar surface area (TPSA) is 31.4 Å². The van der Waals surface area contributed by atoms with Crippen molar-refractivity contribution in [1.82, 2.24) is 4.98 Å². The van der Waals surface area contributed by atoms with Crippen molar-refractivity contribution >= 4 is 12.2 Å². The van der Waals surface area contributed by atoms with Crippen LogP contribution in [-0.2, 0) is 0 Å². The molecule has 1 aromatic heterocycles. The highest BCUT2D eigenvalue weighted by Crippen LogP contribution is 2.43. The number of nitrogens with zero attached hydrogens (tertiary/aromatic N) is 1. The molecule has 0 fully saturated rings. The SMILES string of the molecule is COc1ccc(/C=C/c2ccncc2)c2c1OCC2C. The molecule has 0 aliphatic carbocycles. The van der Waals surface area contributed by atoms with Crippen LogP contribution in [0, 0.1) is 0 Å². The van der Waals surface area contributed by atoms with Crippen molar-refractivity contribution in [3.8, 4) is 11.5 Å². The molecule has 1 aliphatic rings. The Bertz CT molecular complexity index is 635. The predicted octanol–water partition coefficient (Wildman–Crippen LogP) is 3.76. The molecule has 0 N–H and O–H groups in total. The first-order chi connectivity index (χ1) is 9.79. The van der Waals surface area contributed by atoms with Gasteiger partial charge in [0.25, 0.3) is 0 Å². The lowest BCUT2D eigenvalue weighted by Crippen LogP contribution is -1.94. The molecule has 3 rings (SSSR count). The van der Waals surface area contributed by atoms with E-state index in [-0.39, 0.29) is 0 Å². The minimum Gasteiger partial charge on any atom is -0.493 e. The molecule has 1 aliphatic heterocycles. The van der Waals surface area contributed by atoms with Gasteiger partial charge in [0.1, 0.15) is 0 Å². The Hall–Kier alpha value is -2.29. The van der Waals surface area contributed by atoms with Crippen LogP contribution >= 0.6 is 0 Å².